The second kappa shape index (κ2) is 5.74. The van der Waals surface area contributed by atoms with Gasteiger partial charge < -0.3 is 10.1 Å². The van der Waals surface area contributed by atoms with Crippen molar-refractivity contribution < 1.29 is 22.3 Å². The number of nitrogens with one attached hydrogen (secondary N) is 1. The van der Waals surface area contributed by atoms with Crippen LogP contribution in [0.25, 0.3) is 0 Å². The van der Waals surface area contributed by atoms with Gasteiger partial charge in [-0.15, -0.1) is 13.2 Å². The molecule has 0 atom stereocenters. The number of nitriles is 2. The van der Waals surface area contributed by atoms with Gasteiger partial charge in [-0.25, -0.2) is 4.39 Å². The van der Waals surface area contributed by atoms with Crippen molar-refractivity contribution in [3.63, 3.8) is 0 Å². The number of alkyl halides is 3. The molecule has 1 N–H and O–H groups in total. The van der Waals surface area contributed by atoms with Crippen molar-refractivity contribution in [3.8, 4) is 17.9 Å². The average molecular weight is 271 g/mol. The highest BCUT2D eigenvalue weighted by molar-refractivity contribution is 5.59. The van der Waals surface area contributed by atoms with E-state index in [2.05, 4.69) is 10.1 Å². The number of rotatable bonds is 3. The van der Waals surface area contributed by atoms with Gasteiger partial charge in [0.25, 0.3) is 0 Å². The van der Waals surface area contributed by atoms with E-state index in [1.165, 1.54) is 12.1 Å². The molecule has 0 radical (unpaired) electrons. The van der Waals surface area contributed by atoms with Gasteiger partial charge in [0.2, 0.25) is 0 Å². The van der Waals surface area contributed by atoms with Crippen LogP contribution < -0.4 is 10.1 Å². The minimum absolute atomic E-state index is 0.235. The molecule has 19 heavy (non-hydrogen) atoms. The zero-order valence-corrected chi connectivity index (χ0v) is 9.12. The Morgan fingerprint density at radius 1 is 1.26 bits per heavy atom. The lowest BCUT2D eigenvalue weighted by Crippen LogP contribution is -2.18. The van der Waals surface area contributed by atoms with E-state index < -0.39 is 17.9 Å². The van der Waals surface area contributed by atoms with E-state index in [4.69, 9.17) is 10.5 Å². The molecule has 0 saturated carbocycles. The molecule has 0 fully saturated rings. The van der Waals surface area contributed by atoms with Gasteiger partial charge in [0.15, 0.2) is 5.75 Å². The Morgan fingerprint density at radius 2 is 1.89 bits per heavy atom. The lowest BCUT2D eigenvalue weighted by molar-refractivity contribution is -0.274. The number of allylic oxidation sites excluding steroid dienone is 1. The summed E-state index contributed by atoms with van der Waals surface area (Å²) in [6.45, 7) is 0. The maximum Gasteiger partial charge on any atom is 0.573 e. The van der Waals surface area contributed by atoms with Crippen LogP contribution in [-0.2, 0) is 0 Å². The number of hydrogen-bond donors (Lipinski definition) is 1. The molecule has 0 unspecified atom stereocenters. The predicted molar refractivity (Wildman–Crippen MR) is 56.0 cm³/mol. The Hall–Kier alpha value is -2.74. The van der Waals surface area contributed by atoms with Crippen LogP contribution in [0.1, 0.15) is 0 Å². The summed E-state index contributed by atoms with van der Waals surface area (Å²) in [5.74, 6) is -1.73. The minimum atomic E-state index is -4.98. The molecule has 1 aromatic rings. The monoisotopic (exact) mass is 271 g/mol. The molecule has 0 spiro atoms. The lowest BCUT2D eigenvalue weighted by Gasteiger charge is -2.13. The highest BCUT2D eigenvalue weighted by Crippen LogP contribution is 2.31. The van der Waals surface area contributed by atoms with Crippen LogP contribution in [0.4, 0.5) is 23.2 Å². The molecule has 0 amide bonds. The van der Waals surface area contributed by atoms with E-state index in [9.17, 15) is 17.6 Å². The van der Waals surface area contributed by atoms with Gasteiger partial charge in [-0.05, 0) is 12.1 Å². The van der Waals surface area contributed by atoms with Crippen molar-refractivity contribution in [2.75, 3.05) is 5.32 Å². The van der Waals surface area contributed by atoms with Gasteiger partial charge in [0.05, 0.1) is 5.69 Å². The van der Waals surface area contributed by atoms with Crippen molar-refractivity contribution in [1.82, 2.24) is 0 Å². The molecule has 0 aliphatic heterocycles. The van der Waals surface area contributed by atoms with Gasteiger partial charge in [0.1, 0.15) is 23.5 Å². The van der Waals surface area contributed by atoms with Gasteiger partial charge >= 0.3 is 6.36 Å². The van der Waals surface area contributed by atoms with Crippen LogP contribution in [0.3, 0.4) is 0 Å². The zero-order valence-electron chi connectivity index (χ0n) is 9.12. The summed E-state index contributed by atoms with van der Waals surface area (Å²) in [4.78, 5) is 0. The van der Waals surface area contributed by atoms with Crippen LogP contribution in [0.2, 0.25) is 0 Å². The summed E-state index contributed by atoms with van der Waals surface area (Å²) >= 11 is 0. The largest absolute Gasteiger partial charge is 0.573 e. The first-order valence-corrected chi connectivity index (χ1v) is 4.68. The Kier molecular flexibility index (Phi) is 4.32. The maximum absolute atomic E-state index is 12.9. The third-order valence-electron chi connectivity index (χ3n) is 1.78. The van der Waals surface area contributed by atoms with Crippen LogP contribution in [-0.4, -0.2) is 6.36 Å². The Labute approximate surface area is 105 Å². The van der Waals surface area contributed by atoms with E-state index in [0.29, 0.717) is 6.07 Å². The number of halogens is 4. The molecule has 0 heterocycles. The molecule has 0 bridgehead atoms. The van der Waals surface area contributed by atoms with E-state index in [0.717, 1.165) is 18.3 Å². The molecule has 0 aromatic heterocycles. The number of anilines is 1. The first-order chi connectivity index (χ1) is 8.85. The molecule has 0 saturated heterocycles. The molecular weight excluding hydrogens is 266 g/mol. The molecule has 8 heteroatoms. The highest BCUT2D eigenvalue weighted by atomic mass is 19.4. The van der Waals surface area contributed by atoms with E-state index >= 15 is 0 Å². The third-order valence-corrected chi connectivity index (χ3v) is 1.78. The van der Waals surface area contributed by atoms with Crippen LogP contribution in [0.15, 0.2) is 30.0 Å². The van der Waals surface area contributed by atoms with E-state index in [-0.39, 0.29) is 11.3 Å². The fourth-order valence-electron chi connectivity index (χ4n) is 1.06. The molecule has 4 nitrogen and oxygen atoms in total. The molecule has 1 rings (SSSR count). The second-order valence-electron chi connectivity index (χ2n) is 3.11. The van der Waals surface area contributed by atoms with Gasteiger partial charge in [-0.2, -0.15) is 10.5 Å². The highest BCUT2D eigenvalue weighted by Gasteiger charge is 2.32. The van der Waals surface area contributed by atoms with Gasteiger partial charge in [0, 0.05) is 12.3 Å². The fraction of sp³-hybridized carbons (Fsp3) is 0.0909. The van der Waals surface area contributed by atoms with Crippen LogP contribution in [0.5, 0.6) is 5.75 Å². The summed E-state index contributed by atoms with van der Waals surface area (Å²) in [6.07, 6.45) is -4.10. The van der Waals surface area contributed by atoms with E-state index in [1.807, 2.05) is 0 Å². The van der Waals surface area contributed by atoms with Crippen LogP contribution in [0, 0.1) is 28.5 Å². The molecule has 98 valence electrons. The lowest BCUT2D eigenvalue weighted by atomic mass is 10.2. The Balaban J connectivity index is 3.05. The molecule has 1 aromatic carbocycles. The van der Waals surface area contributed by atoms with Crippen LogP contribution >= 0.6 is 0 Å². The molecule has 0 aliphatic carbocycles. The number of hydrogen-bond acceptors (Lipinski definition) is 4. The first kappa shape index (κ1) is 14.3. The van der Waals surface area contributed by atoms with Gasteiger partial charge in [-0.3, -0.25) is 0 Å². The fourth-order valence-corrected chi connectivity index (χ4v) is 1.06. The van der Waals surface area contributed by atoms with Crippen molar-refractivity contribution in [3.05, 3.63) is 35.8 Å². The summed E-state index contributed by atoms with van der Waals surface area (Å²) in [7, 11) is 0. The molecule has 0 aliphatic rings. The maximum atomic E-state index is 12.9. The normalized spacial score (nSPS) is 10.0. The topological polar surface area (TPSA) is 68.8 Å². The number of benzene rings is 1. The standard InChI is InChI=1S/C11H5F4N3O/c12-8-1-2-9(18-6-7(4-16)5-17)10(3-8)19-11(13,14)15/h1-3,6,18H. The SMILES string of the molecule is N#CC(C#N)=CNc1ccc(F)cc1OC(F)(F)F. The van der Waals surface area contributed by atoms with Crippen molar-refractivity contribution in [2.45, 2.75) is 6.36 Å². The summed E-state index contributed by atoms with van der Waals surface area (Å²) in [6, 6.07) is 5.42. The summed E-state index contributed by atoms with van der Waals surface area (Å²) in [5.41, 5.74) is -0.594. The van der Waals surface area contributed by atoms with Crippen molar-refractivity contribution >= 4 is 5.69 Å². The minimum Gasteiger partial charge on any atom is -0.403 e. The Bertz CT molecular complexity index is 565. The number of nitrogens with zero attached hydrogens (tertiary/aromatic N) is 2. The van der Waals surface area contributed by atoms with Crippen molar-refractivity contribution in [1.29, 1.82) is 10.5 Å². The molecular formula is C11H5F4N3O. The Morgan fingerprint density at radius 3 is 2.42 bits per heavy atom. The summed E-state index contributed by atoms with van der Waals surface area (Å²) in [5, 5.41) is 19.2. The quantitative estimate of drug-likeness (QED) is 0.677. The zero-order chi connectivity index (χ0) is 14.5. The third kappa shape index (κ3) is 4.56. The summed E-state index contributed by atoms with van der Waals surface area (Å²) < 4.78 is 52.7. The first-order valence-electron chi connectivity index (χ1n) is 4.68. The smallest absolute Gasteiger partial charge is 0.403 e. The number of ether oxygens (including phenoxy) is 1. The second-order valence-corrected chi connectivity index (χ2v) is 3.11. The predicted octanol–water partition coefficient (Wildman–Crippen LogP) is 3.07. The van der Waals surface area contributed by atoms with E-state index in [1.54, 1.807) is 0 Å². The van der Waals surface area contributed by atoms with Gasteiger partial charge in [-0.1, -0.05) is 0 Å². The van der Waals surface area contributed by atoms with Crippen molar-refractivity contribution in [2.24, 2.45) is 0 Å². The average Bonchev–Trinajstić information content (AvgIpc) is 2.30.